The molecule has 2 bridgehead atoms. The fraction of sp³-hybridized carbons (Fsp3) is 0.632. The first-order valence-corrected chi connectivity index (χ1v) is 21.9. The lowest BCUT2D eigenvalue weighted by molar-refractivity contribution is -0.191. The number of hydrogen-bond donors (Lipinski definition) is 0. The average Bonchev–Trinajstić information content (AvgIpc) is 3.33. The molecule has 0 saturated carbocycles. The van der Waals surface area contributed by atoms with Gasteiger partial charge in [-0.15, -0.1) is 0 Å². The minimum absolute atomic E-state index is 0.0231. The molecule has 2 aromatic rings. The summed E-state index contributed by atoms with van der Waals surface area (Å²) < 4.78 is 26.9. The van der Waals surface area contributed by atoms with Crippen LogP contribution >= 0.6 is 0 Å². The highest BCUT2D eigenvalue weighted by Crippen LogP contribution is 2.40. The van der Waals surface area contributed by atoms with Crippen molar-refractivity contribution in [1.29, 1.82) is 0 Å². The summed E-state index contributed by atoms with van der Waals surface area (Å²) in [5.74, 6) is -0.321. The lowest BCUT2D eigenvalue weighted by Gasteiger charge is -2.43. The van der Waals surface area contributed by atoms with Crippen LogP contribution in [-0.2, 0) is 18.3 Å². The van der Waals surface area contributed by atoms with Crippen LogP contribution in [0.3, 0.4) is 0 Å². The normalized spacial score (nSPS) is 21.9. The van der Waals surface area contributed by atoms with E-state index >= 15 is 0 Å². The van der Waals surface area contributed by atoms with Crippen LogP contribution in [0.15, 0.2) is 72.3 Å². The van der Waals surface area contributed by atoms with Crippen molar-refractivity contribution in [3.05, 3.63) is 72.3 Å². The third-order valence-corrected chi connectivity index (χ3v) is 20.1. The Balaban J connectivity index is 1.47. The van der Waals surface area contributed by atoms with Crippen molar-refractivity contribution in [3.8, 4) is 0 Å². The Morgan fingerprint density at radius 2 is 1.57 bits per heavy atom. The highest BCUT2D eigenvalue weighted by atomic mass is 28.4. The molecule has 244 valence electrons. The molecule has 6 heteroatoms. The standard InChI is InChI=1S/C38H60O4Si2/c1-8-43(9-2,10-3)42-33(26-25-32(4)19-17-28-38-29-18-20-34(41-38)31-39-38)27-30-40-44(37(5,6)7,35-21-13-11-14-22-35)36-23-15-12-16-24-36/h11-16,19,21-24,33-34H,8-10,17-18,20,25-31H2,1-7H3/b32-19+/t33-,34+,38-/m1/s1. The number of fused-ring (bicyclic) bond motifs is 2. The monoisotopic (exact) mass is 636 g/mol. The molecule has 0 radical (unpaired) electrons. The lowest BCUT2D eigenvalue weighted by atomic mass is 9.98. The van der Waals surface area contributed by atoms with E-state index in [0.29, 0.717) is 12.7 Å². The van der Waals surface area contributed by atoms with Crippen molar-refractivity contribution in [3.63, 3.8) is 0 Å². The van der Waals surface area contributed by atoms with Gasteiger partial charge >= 0.3 is 0 Å². The van der Waals surface area contributed by atoms with Gasteiger partial charge < -0.3 is 18.3 Å². The summed E-state index contributed by atoms with van der Waals surface area (Å²) in [6.45, 7) is 17.9. The largest absolute Gasteiger partial charge is 0.414 e. The molecule has 0 N–H and O–H groups in total. The Kier molecular flexibility index (Phi) is 12.7. The number of rotatable bonds is 17. The maximum atomic E-state index is 7.31. The molecule has 4 rings (SSSR count). The van der Waals surface area contributed by atoms with E-state index in [1.165, 1.54) is 40.5 Å². The van der Waals surface area contributed by atoms with E-state index in [1.54, 1.807) is 0 Å². The first-order valence-electron chi connectivity index (χ1n) is 17.5. The molecule has 0 amide bonds. The second-order valence-corrected chi connectivity index (χ2v) is 23.3. The molecule has 2 heterocycles. The second-order valence-electron chi connectivity index (χ2n) is 14.3. The minimum Gasteiger partial charge on any atom is -0.414 e. The van der Waals surface area contributed by atoms with E-state index < -0.39 is 16.6 Å². The van der Waals surface area contributed by atoms with E-state index in [0.717, 1.165) is 51.6 Å². The van der Waals surface area contributed by atoms with Crippen molar-refractivity contribution in [2.75, 3.05) is 13.2 Å². The van der Waals surface area contributed by atoms with E-state index in [9.17, 15) is 0 Å². The van der Waals surface area contributed by atoms with Crippen LogP contribution in [0.4, 0.5) is 0 Å². The zero-order chi connectivity index (χ0) is 31.7. The Labute approximate surface area is 271 Å². The molecule has 2 aliphatic heterocycles. The predicted molar refractivity (Wildman–Crippen MR) is 190 cm³/mol. The Bertz CT molecular complexity index is 1110. The van der Waals surface area contributed by atoms with E-state index in [4.69, 9.17) is 18.3 Å². The van der Waals surface area contributed by atoms with Gasteiger partial charge in [0.25, 0.3) is 8.32 Å². The fourth-order valence-electron chi connectivity index (χ4n) is 7.50. The quantitative estimate of drug-likeness (QED) is 0.128. The van der Waals surface area contributed by atoms with Gasteiger partial charge in [0, 0.05) is 25.6 Å². The predicted octanol–water partition coefficient (Wildman–Crippen LogP) is 9.15. The third kappa shape index (κ3) is 8.42. The average molecular weight is 637 g/mol. The molecular weight excluding hydrogens is 577 g/mol. The summed E-state index contributed by atoms with van der Waals surface area (Å²) in [5.41, 5.74) is 1.45. The molecule has 2 saturated heterocycles. The van der Waals surface area contributed by atoms with Gasteiger partial charge in [-0.25, -0.2) is 0 Å². The zero-order valence-corrected chi connectivity index (χ0v) is 30.8. The highest BCUT2D eigenvalue weighted by Gasteiger charge is 2.50. The first kappa shape index (κ1) is 35.3. The third-order valence-electron chi connectivity index (χ3n) is 10.4. The number of benzene rings is 2. The van der Waals surface area contributed by atoms with Crippen molar-refractivity contribution in [1.82, 2.24) is 0 Å². The fourth-order valence-corrected chi connectivity index (χ4v) is 15.0. The molecular formula is C38H60O4Si2. The Hall–Kier alpha value is -1.55. The second kappa shape index (κ2) is 15.8. The lowest BCUT2D eigenvalue weighted by Crippen LogP contribution is -2.66. The van der Waals surface area contributed by atoms with Crippen molar-refractivity contribution < 1.29 is 18.3 Å². The van der Waals surface area contributed by atoms with Gasteiger partial charge in [0.15, 0.2) is 14.1 Å². The zero-order valence-electron chi connectivity index (χ0n) is 28.8. The highest BCUT2D eigenvalue weighted by molar-refractivity contribution is 6.99. The summed E-state index contributed by atoms with van der Waals surface area (Å²) >= 11 is 0. The van der Waals surface area contributed by atoms with Crippen LogP contribution < -0.4 is 10.4 Å². The minimum atomic E-state index is -2.57. The van der Waals surface area contributed by atoms with Crippen LogP contribution in [0.5, 0.6) is 0 Å². The maximum absolute atomic E-state index is 7.31. The molecule has 3 atom stereocenters. The van der Waals surface area contributed by atoms with E-state index in [-0.39, 0.29) is 16.9 Å². The SMILES string of the molecule is CC[Si](CC)(CC)O[C@@H](CCO[Si](c1ccccc1)(c1ccccc1)C(C)(C)C)CC/C(C)=C/CC[C@@]12CCC[C@@H](CO1)O2. The summed E-state index contributed by atoms with van der Waals surface area (Å²) in [5, 5.41) is 2.66. The molecule has 0 aliphatic carbocycles. The maximum Gasteiger partial charge on any atom is 0.261 e. The van der Waals surface area contributed by atoms with Crippen LogP contribution in [0.25, 0.3) is 0 Å². The summed E-state index contributed by atoms with van der Waals surface area (Å²) in [7, 11) is -4.33. The first-order chi connectivity index (χ1) is 21.1. The van der Waals surface area contributed by atoms with E-state index in [2.05, 4.69) is 115 Å². The molecule has 4 nitrogen and oxygen atoms in total. The molecule has 2 fully saturated rings. The van der Waals surface area contributed by atoms with Gasteiger partial charge in [-0.1, -0.05) is 114 Å². The Morgan fingerprint density at radius 3 is 2.14 bits per heavy atom. The molecule has 2 aliphatic rings. The summed E-state index contributed by atoms with van der Waals surface area (Å²) in [4.78, 5) is 0. The molecule has 0 aromatic heterocycles. The van der Waals surface area contributed by atoms with Crippen LogP contribution in [0.2, 0.25) is 23.2 Å². The molecule has 2 aromatic carbocycles. The van der Waals surface area contributed by atoms with Crippen molar-refractivity contribution >= 4 is 27.0 Å². The van der Waals surface area contributed by atoms with Crippen LogP contribution in [0, 0.1) is 0 Å². The van der Waals surface area contributed by atoms with Gasteiger partial charge in [0.2, 0.25) is 0 Å². The molecule has 0 spiro atoms. The topological polar surface area (TPSA) is 36.9 Å². The molecule has 0 unspecified atom stereocenters. The van der Waals surface area contributed by atoms with Gasteiger partial charge in [-0.2, -0.15) is 0 Å². The van der Waals surface area contributed by atoms with Gasteiger partial charge in [-0.3, -0.25) is 0 Å². The molecule has 44 heavy (non-hydrogen) atoms. The summed E-state index contributed by atoms with van der Waals surface area (Å²) in [6, 6.07) is 25.5. The van der Waals surface area contributed by atoms with Gasteiger partial charge in [-0.05, 0) is 79.0 Å². The number of ether oxygens (including phenoxy) is 2. The number of hydrogen-bond acceptors (Lipinski definition) is 4. The number of allylic oxidation sites excluding steroid dienone is 2. The van der Waals surface area contributed by atoms with Crippen LogP contribution in [-0.4, -0.2) is 47.8 Å². The summed E-state index contributed by atoms with van der Waals surface area (Å²) in [6.07, 6.45) is 11.4. The smallest absolute Gasteiger partial charge is 0.261 e. The van der Waals surface area contributed by atoms with Gasteiger partial charge in [0.1, 0.15) is 0 Å². The van der Waals surface area contributed by atoms with Crippen LogP contribution in [0.1, 0.15) is 99.8 Å². The Morgan fingerprint density at radius 1 is 0.955 bits per heavy atom. The van der Waals surface area contributed by atoms with Crippen molar-refractivity contribution in [2.45, 2.75) is 141 Å². The van der Waals surface area contributed by atoms with Gasteiger partial charge in [0.05, 0.1) is 12.7 Å². The van der Waals surface area contributed by atoms with E-state index in [1.807, 2.05) is 0 Å². The van der Waals surface area contributed by atoms with Crippen molar-refractivity contribution in [2.24, 2.45) is 0 Å².